The van der Waals surface area contributed by atoms with E-state index in [0.717, 1.165) is 19.3 Å². The first-order valence-corrected chi connectivity index (χ1v) is 16.9. The van der Waals surface area contributed by atoms with Crippen molar-refractivity contribution in [2.45, 2.75) is 117 Å². The summed E-state index contributed by atoms with van der Waals surface area (Å²) in [5.41, 5.74) is -1.16. The van der Waals surface area contributed by atoms with E-state index >= 15 is 0 Å². The summed E-state index contributed by atoms with van der Waals surface area (Å²) >= 11 is 0. The van der Waals surface area contributed by atoms with Crippen LogP contribution in [-0.4, -0.2) is 120 Å². The zero-order valence-corrected chi connectivity index (χ0v) is 31.6. The van der Waals surface area contributed by atoms with E-state index in [2.05, 4.69) is 0 Å². The summed E-state index contributed by atoms with van der Waals surface area (Å²) in [5, 5.41) is 1.55. The zero-order valence-electron chi connectivity index (χ0n) is 31.6. The number of carbonyl (C=O) groups excluding carboxylic acids is 4. The third-order valence-electron chi connectivity index (χ3n) is 8.04. The molecule has 0 aromatic carbocycles. The number of hydroxylamine groups is 2. The second-order valence-electron chi connectivity index (χ2n) is 13.9. The number of unbranched alkanes of at least 4 members (excludes halogenated alkanes) is 3. The summed E-state index contributed by atoms with van der Waals surface area (Å²) in [5.74, 6) is -3.78. The summed E-state index contributed by atoms with van der Waals surface area (Å²) in [6, 6.07) is 0. The average molecular weight is 692 g/mol. The van der Waals surface area contributed by atoms with Gasteiger partial charge in [0.15, 0.2) is 0 Å². The van der Waals surface area contributed by atoms with Crippen molar-refractivity contribution in [2.24, 2.45) is 11.8 Å². The van der Waals surface area contributed by atoms with Gasteiger partial charge < -0.3 is 38.0 Å². The van der Waals surface area contributed by atoms with Crippen LogP contribution in [0.3, 0.4) is 0 Å². The highest BCUT2D eigenvalue weighted by Crippen LogP contribution is 2.19. The van der Waals surface area contributed by atoms with Crippen molar-refractivity contribution < 1.29 is 57.2 Å². The lowest BCUT2D eigenvalue weighted by molar-refractivity contribution is -0.201. The molecule has 0 radical (unpaired) electrons. The summed E-state index contributed by atoms with van der Waals surface area (Å²) in [7, 11) is 4.99. The molecule has 0 aromatic rings. The molecule has 48 heavy (non-hydrogen) atoms. The minimum absolute atomic E-state index is 0.0439. The summed E-state index contributed by atoms with van der Waals surface area (Å²) in [6.45, 7) is 16.2. The van der Waals surface area contributed by atoms with E-state index < -0.39 is 35.0 Å². The van der Waals surface area contributed by atoms with Gasteiger partial charge in [0.1, 0.15) is 30.1 Å². The van der Waals surface area contributed by atoms with Gasteiger partial charge in [-0.05, 0) is 100 Å². The van der Waals surface area contributed by atoms with Crippen LogP contribution in [0, 0.1) is 11.8 Å². The lowest BCUT2D eigenvalue weighted by Gasteiger charge is -2.29. The van der Waals surface area contributed by atoms with Crippen LogP contribution in [0.25, 0.3) is 0 Å². The fourth-order valence-corrected chi connectivity index (χ4v) is 3.98. The standard InChI is InChI=1S/C35H65NO12/c1-27(37)29(24-43-21-16-34(5,6)47-23-18-33(3,4)41-10)31(39)45-19-14-12-13-15-20-46-32(40)30(28(2)38)25-44-22-17-35(7,8)48-26-36(9)42-11/h29-30H,12-26H2,1-11H3. The summed E-state index contributed by atoms with van der Waals surface area (Å²) in [4.78, 5) is 54.1. The van der Waals surface area contributed by atoms with Crippen molar-refractivity contribution in [3.05, 3.63) is 0 Å². The molecule has 2 unspecified atom stereocenters. The number of ketones is 2. The monoisotopic (exact) mass is 691 g/mol. The number of hydrogen-bond donors (Lipinski definition) is 0. The molecule has 0 bridgehead atoms. The third-order valence-corrected chi connectivity index (χ3v) is 8.04. The number of esters is 2. The van der Waals surface area contributed by atoms with Crippen LogP contribution in [0.15, 0.2) is 0 Å². The van der Waals surface area contributed by atoms with Crippen LogP contribution in [0.5, 0.6) is 0 Å². The normalized spacial score (nSPS) is 13.8. The Bertz CT molecular complexity index is 937. The van der Waals surface area contributed by atoms with Gasteiger partial charge in [-0.25, -0.2) is 0 Å². The van der Waals surface area contributed by atoms with E-state index in [-0.39, 0.29) is 43.6 Å². The molecular formula is C35H65NO12. The number of ether oxygens (including phenoxy) is 7. The van der Waals surface area contributed by atoms with E-state index in [9.17, 15) is 19.2 Å². The molecule has 0 aliphatic heterocycles. The average Bonchev–Trinajstić information content (AvgIpc) is 3.00. The second-order valence-corrected chi connectivity index (χ2v) is 13.9. The van der Waals surface area contributed by atoms with Gasteiger partial charge in [-0.15, -0.1) is 0 Å². The Hall–Kier alpha value is -2.00. The second kappa shape index (κ2) is 24.2. The maximum absolute atomic E-state index is 12.5. The molecule has 0 spiro atoms. The fourth-order valence-electron chi connectivity index (χ4n) is 3.98. The van der Waals surface area contributed by atoms with E-state index in [0.29, 0.717) is 52.2 Å². The molecule has 0 fully saturated rings. The molecule has 13 heteroatoms. The lowest BCUT2D eigenvalue weighted by Crippen LogP contribution is -2.33. The van der Waals surface area contributed by atoms with E-state index in [1.54, 1.807) is 26.3 Å². The van der Waals surface area contributed by atoms with E-state index in [1.807, 2.05) is 41.5 Å². The quantitative estimate of drug-likeness (QED) is 0.0337. The van der Waals surface area contributed by atoms with Gasteiger partial charge in [0.25, 0.3) is 0 Å². The Kier molecular flexibility index (Phi) is 23.2. The molecule has 0 aromatic heterocycles. The molecule has 0 saturated carbocycles. The number of rotatable bonds is 30. The minimum atomic E-state index is -0.982. The lowest BCUT2D eigenvalue weighted by atomic mass is 10.0. The Morgan fingerprint density at radius 1 is 0.583 bits per heavy atom. The largest absolute Gasteiger partial charge is 0.465 e. The minimum Gasteiger partial charge on any atom is -0.465 e. The molecule has 0 aliphatic carbocycles. The van der Waals surface area contributed by atoms with E-state index in [1.165, 1.54) is 13.8 Å². The van der Waals surface area contributed by atoms with Crippen LogP contribution < -0.4 is 0 Å². The Balaban J connectivity index is 4.23. The number of hydrogen-bond acceptors (Lipinski definition) is 13. The fraction of sp³-hybridized carbons (Fsp3) is 0.886. The topological polar surface area (TPSA) is 145 Å². The van der Waals surface area contributed by atoms with Gasteiger partial charge in [-0.1, -0.05) is 0 Å². The highest BCUT2D eigenvalue weighted by atomic mass is 16.7. The molecule has 282 valence electrons. The van der Waals surface area contributed by atoms with Crippen molar-refractivity contribution in [3.8, 4) is 0 Å². The maximum Gasteiger partial charge on any atom is 0.318 e. The van der Waals surface area contributed by atoms with Gasteiger partial charge in [0.05, 0.1) is 56.9 Å². The Labute approximate surface area is 288 Å². The first-order chi connectivity index (χ1) is 22.4. The van der Waals surface area contributed by atoms with Gasteiger partial charge in [0, 0.05) is 27.4 Å². The number of methoxy groups -OCH3 is 1. The van der Waals surface area contributed by atoms with Crippen LogP contribution in [0.4, 0.5) is 0 Å². The predicted molar refractivity (Wildman–Crippen MR) is 180 cm³/mol. The molecule has 0 N–H and O–H groups in total. The molecule has 0 saturated heterocycles. The van der Waals surface area contributed by atoms with Crippen LogP contribution >= 0.6 is 0 Å². The highest BCUT2D eigenvalue weighted by molar-refractivity contribution is 5.98. The number of nitrogens with zero attached hydrogens (tertiary/aromatic N) is 1. The van der Waals surface area contributed by atoms with Crippen molar-refractivity contribution in [1.29, 1.82) is 0 Å². The van der Waals surface area contributed by atoms with E-state index in [4.69, 9.17) is 38.0 Å². The first kappa shape index (κ1) is 46.0. The van der Waals surface area contributed by atoms with Gasteiger partial charge in [0.2, 0.25) is 0 Å². The maximum atomic E-state index is 12.5. The Morgan fingerprint density at radius 2 is 1.00 bits per heavy atom. The predicted octanol–water partition coefficient (Wildman–Crippen LogP) is 4.71. The van der Waals surface area contributed by atoms with Gasteiger partial charge in [-0.3, -0.25) is 19.2 Å². The molecule has 0 heterocycles. The number of carbonyl (C=O) groups is 4. The van der Waals surface area contributed by atoms with Crippen LogP contribution in [0.2, 0.25) is 0 Å². The molecular weight excluding hydrogens is 626 g/mol. The summed E-state index contributed by atoms with van der Waals surface area (Å²) in [6.07, 6.45) is 4.58. The van der Waals surface area contributed by atoms with Crippen molar-refractivity contribution in [1.82, 2.24) is 5.06 Å². The van der Waals surface area contributed by atoms with Crippen molar-refractivity contribution >= 4 is 23.5 Å². The van der Waals surface area contributed by atoms with Crippen LogP contribution in [-0.2, 0) is 57.2 Å². The molecule has 2 atom stereocenters. The highest BCUT2D eigenvalue weighted by Gasteiger charge is 2.28. The SMILES string of the molecule is CON(C)COC(C)(C)CCOCC(C(C)=O)C(=O)OCCCCCCOC(=O)C(COCCC(C)(C)OCCC(C)(C)OC)C(C)=O. The molecule has 0 rings (SSSR count). The zero-order chi connectivity index (χ0) is 36.8. The molecule has 0 aliphatic rings. The Morgan fingerprint density at radius 3 is 1.40 bits per heavy atom. The molecule has 0 amide bonds. The number of Topliss-reactive ketones (excluding diaryl/α,β-unsaturated/α-hetero) is 2. The van der Waals surface area contributed by atoms with Crippen LogP contribution in [0.1, 0.15) is 100 Å². The third kappa shape index (κ3) is 22.6. The smallest absolute Gasteiger partial charge is 0.318 e. The van der Waals surface area contributed by atoms with Crippen molar-refractivity contribution in [3.63, 3.8) is 0 Å². The summed E-state index contributed by atoms with van der Waals surface area (Å²) < 4.78 is 39.1. The van der Waals surface area contributed by atoms with Crippen molar-refractivity contribution in [2.75, 3.05) is 74.2 Å². The first-order valence-electron chi connectivity index (χ1n) is 16.9. The van der Waals surface area contributed by atoms with Gasteiger partial charge >= 0.3 is 11.9 Å². The van der Waals surface area contributed by atoms with Gasteiger partial charge in [-0.2, -0.15) is 5.06 Å². The molecule has 13 nitrogen and oxygen atoms in total.